The van der Waals surface area contributed by atoms with E-state index in [-0.39, 0.29) is 24.6 Å². The SMILES string of the molecule is CCCCCC[C@H]1C[C@@H](CO)OC1=O. The number of aliphatic hydroxyl groups excluding tert-OH is 1. The van der Waals surface area contributed by atoms with Gasteiger partial charge in [-0.3, -0.25) is 4.79 Å². The van der Waals surface area contributed by atoms with E-state index in [0.29, 0.717) is 6.42 Å². The van der Waals surface area contributed by atoms with Gasteiger partial charge in [0.2, 0.25) is 0 Å². The highest BCUT2D eigenvalue weighted by atomic mass is 16.6. The lowest BCUT2D eigenvalue weighted by Crippen LogP contribution is -2.10. The topological polar surface area (TPSA) is 46.5 Å². The van der Waals surface area contributed by atoms with E-state index in [2.05, 4.69) is 6.92 Å². The van der Waals surface area contributed by atoms with Crippen LogP contribution in [-0.2, 0) is 9.53 Å². The molecule has 0 radical (unpaired) electrons. The van der Waals surface area contributed by atoms with Gasteiger partial charge in [0.1, 0.15) is 6.10 Å². The zero-order valence-corrected chi connectivity index (χ0v) is 8.87. The average molecular weight is 200 g/mol. The molecule has 1 aliphatic heterocycles. The molecule has 1 rings (SSSR count). The summed E-state index contributed by atoms with van der Waals surface area (Å²) in [5.74, 6) is -0.0652. The van der Waals surface area contributed by atoms with Crippen LogP contribution in [0.3, 0.4) is 0 Å². The number of ether oxygens (including phenoxy) is 1. The maximum atomic E-state index is 11.3. The Kier molecular flexibility index (Phi) is 4.94. The summed E-state index contributed by atoms with van der Waals surface area (Å²) in [7, 11) is 0. The molecule has 0 saturated carbocycles. The minimum atomic E-state index is -0.237. The summed E-state index contributed by atoms with van der Waals surface area (Å²) in [6, 6.07) is 0. The highest BCUT2D eigenvalue weighted by Gasteiger charge is 2.33. The minimum Gasteiger partial charge on any atom is -0.460 e. The molecule has 0 spiro atoms. The molecule has 14 heavy (non-hydrogen) atoms. The fourth-order valence-electron chi connectivity index (χ4n) is 1.89. The van der Waals surface area contributed by atoms with Crippen LogP contribution in [0.1, 0.15) is 45.4 Å². The van der Waals surface area contributed by atoms with Crippen molar-refractivity contribution in [1.29, 1.82) is 0 Å². The van der Waals surface area contributed by atoms with Crippen molar-refractivity contribution < 1.29 is 14.6 Å². The molecule has 1 saturated heterocycles. The van der Waals surface area contributed by atoms with Crippen molar-refractivity contribution in [3.8, 4) is 0 Å². The Labute approximate surface area is 85.5 Å². The second-order valence-electron chi connectivity index (χ2n) is 4.02. The Morgan fingerprint density at radius 2 is 2.21 bits per heavy atom. The van der Waals surface area contributed by atoms with Crippen molar-refractivity contribution in [2.24, 2.45) is 5.92 Å². The summed E-state index contributed by atoms with van der Waals surface area (Å²) in [6.45, 7) is 2.14. The van der Waals surface area contributed by atoms with Gasteiger partial charge in [-0.15, -0.1) is 0 Å². The lowest BCUT2D eigenvalue weighted by atomic mass is 9.97. The van der Waals surface area contributed by atoms with Crippen molar-refractivity contribution in [1.82, 2.24) is 0 Å². The summed E-state index contributed by atoms with van der Waals surface area (Å²) < 4.78 is 4.99. The quantitative estimate of drug-likeness (QED) is 0.526. The summed E-state index contributed by atoms with van der Waals surface area (Å²) in [5, 5.41) is 8.83. The molecule has 0 unspecified atom stereocenters. The lowest BCUT2D eigenvalue weighted by Gasteiger charge is -2.03. The molecule has 3 nitrogen and oxygen atoms in total. The zero-order chi connectivity index (χ0) is 10.4. The van der Waals surface area contributed by atoms with E-state index in [9.17, 15) is 4.79 Å². The van der Waals surface area contributed by atoms with E-state index in [4.69, 9.17) is 9.84 Å². The number of carbonyl (C=O) groups is 1. The standard InChI is InChI=1S/C11H20O3/c1-2-3-4-5-6-9-7-10(8-12)14-11(9)13/h9-10,12H,2-8H2,1H3/t9-,10-/m0/s1. The van der Waals surface area contributed by atoms with E-state index < -0.39 is 0 Å². The zero-order valence-electron chi connectivity index (χ0n) is 8.87. The molecular formula is C11H20O3. The van der Waals surface area contributed by atoms with Crippen molar-refractivity contribution in [3.63, 3.8) is 0 Å². The van der Waals surface area contributed by atoms with Gasteiger partial charge in [0.05, 0.1) is 12.5 Å². The molecule has 0 aromatic heterocycles. The van der Waals surface area contributed by atoms with Gasteiger partial charge in [0.15, 0.2) is 0 Å². The molecule has 82 valence electrons. The second kappa shape index (κ2) is 6.02. The largest absolute Gasteiger partial charge is 0.460 e. The molecule has 0 aromatic carbocycles. The third-order valence-electron chi connectivity index (χ3n) is 2.77. The molecule has 1 fully saturated rings. The van der Waals surface area contributed by atoms with E-state index in [1.807, 2.05) is 0 Å². The number of hydrogen-bond acceptors (Lipinski definition) is 3. The molecule has 0 amide bonds. The van der Waals surface area contributed by atoms with Gasteiger partial charge in [0, 0.05) is 0 Å². The Morgan fingerprint density at radius 1 is 1.43 bits per heavy atom. The normalized spacial score (nSPS) is 26.6. The lowest BCUT2D eigenvalue weighted by molar-refractivity contribution is -0.145. The summed E-state index contributed by atoms with van der Waals surface area (Å²) in [5.41, 5.74) is 0. The third-order valence-corrected chi connectivity index (χ3v) is 2.77. The minimum absolute atomic E-state index is 0.0306. The summed E-state index contributed by atoms with van der Waals surface area (Å²) in [4.78, 5) is 11.3. The van der Waals surface area contributed by atoms with Gasteiger partial charge < -0.3 is 9.84 Å². The van der Waals surface area contributed by atoms with Crippen LogP contribution in [0.2, 0.25) is 0 Å². The van der Waals surface area contributed by atoms with Crippen LogP contribution in [0.5, 0.6) is 0 Å². The van der Waals surface area contributed by atoms with Gasteiger partial charge in [-0.05, 0) is 12.8 Å². The number of aliphatic hydroxyl groups is 1. The van der Waals surface area contributed by atoms with Gasteiger partial charge in [0.25, 0.3) is 0 Å². The molecule has 2 atom stereocenters. The number of unbranched alkanes of at least 4 members (excludes halogenated alkanes) is 3. The van der Waals surface area contributed by atoms with Crippen LogP contribution >= 0.6 is 0 Å². The predicted molar refractivity (Wildman–Crippen MR) is 53.8 cm³/mol. The number of esters is 1. The van der Waals surface area contributed by atoms with Crippen molar-refractivity contribution in [2.75, 3.05) is 6.61 Å². The van der Waals surface area contributed by atoms with Crippen LogP contribution in [0.15, 0.2) is 0 Å². The number of rotatable bonds is 6. The molecule has 0 aliphatic carbocycles. The molecule has 0 aromatic rings. The molecular weight excluding hydrogens is 180 g/mol. The Bertz CT molecular complexity index is 179. The molecule has 3 heteroatoms. The maximum absolute atomic E-state index is 11.3. The van der Waals surface area contributed by atoms with Crippen molar-refractivity contribution >= 4 is 5.97 Å². The molecule has 1 heterocycles. The van der Waals surface area contributed by atoms with Crippen LogP contribution in [0, 0.1) is 5.92 Å². The molecule has 0 bridgehead atoms. The first-order valence-corrected chi connectivity index (χ1v) is 5.59. The monoisotopic (exact) mass is 200 g/mol. The van der Waals surface area contributed by atoms with E-state index in [0.717, 1.165) is 12.8 Å². The van der Waals surface area contributed by atoms with E-state index in [1.54, 1.807) is 0 Å². The number of hydrogen-bond donors (Lipinski definition) is 1. The predicted octanol–water partition coefficient (Wildman–Crippen LogP) is 1.88. The Morgan fingerprint density at radius 3 is 2.79 bits per heavy atom. The Hall–Kier alpha value is -0.570. The third kappa shape index (κ3) is 3.29. The van der Waals surface area contributed by atoms with Crippen molar-refractivity contribution in [3.05, 3.63) is 0 Å². The molecule has 1 aliphatic rings. The fourth-order valence-corrected chi connectivity index (χ4v) is 1.89. The van der Waals surface area contributed by atoms with Crippen LogP contribution in [0.25, 0.3) is 0 Å². The average Bonchev–Trinajstić information content (AvgIpc) is 2.54. The van der Waals surface area contributed by atoms with E-state index >= 15 is 0 Å². The van der Waals surface area contributed by atoms with Gasteiger partial charge in [-0.1, -0.05) is 32.6 Å². The highest BCUT2D eigenvalue weighted by molar-refractivity contribution is 5.74. The number of cyclic esters (lactones) is 1. The first kappa shape index (κ1) is 11.5. The van der Waals surface area contributed by atoms with Crippen LogP contribution in [-0.4, -0.2) is 23.8 Å². The first-order valence-electron chi connectivity index (χ1n) is 5.59. The summed E-state index contributed by atoms with van der Waals surface area (Å²) in [6.07, 6.45) is 6.16. The first-order chi connectivity index (χ1) is 6.77. The van der Waals surface area contributed by atoms with Gasteiger partial charge >= 0.3 is 5.97 Å². The van der Waals surface area contributed by atoms with Gasteiger partial charge in [-0.2, -0.15) is 0 Å². The fraction of sp³-hybridized carbons (Fsp3) is 0.909. The van der Waals surface area contributed by atoms with Crippen molar-refractivity contribution in [2.45, 2.75) is 51.6 Å². The smallest absolute Gasteiger partial charge is 0.309 e. The van der Waals surface area contributed by atoms with E-state index in [1.165, 1.54) is 19.3 Å². The Balaban J connectivity index is 2.15. The van der Waals surface area contributed by atoms with Crippen LogP contribution in [0.4, 0.5) is 0 Å². The highest BCUT2D eigenvalue weighted by Crippen LogP contribution is 2.25. The van der Waals surface area contributed by atoms with Crippen LogP contribution < -0.4 is 0 Å². The number of carbonyl (C=O) groups excluding carboxylic acids is 1. The summed E-state index contributed by atoms with van der Waals surface area (Å²) >= 11 is 0. The maximum Gasteiger partial charge on any atom is 0.309 e. The van der Waals surface area contributed by atoms with Gasteiger partial charge in [-0.25, -0.2) is 0 Å². The second-order valence-corrected chi connectivity index (χ2v) is 4.02. The molecule has 1 N–H and O–H groups in total.